The lowest BCUT2D eigenvalue weighted by Crippen LogP contribution is -2.35. The van der Waals surface area contributed by atoms with Crippen molar-refractivity contribution >= 4 is 17.4 Å². The SMILES string of the molecule is CC(C)(C=Cc1cccc2c1COC2)[S+](N)[O-]. The molecule has 92 valence electrons. The molecule has 0 saturated carbocycles. The molecule has 3 nitrogen and oxygen atoms in total. The van der Waals surface area contributed by atoms with Crippen LogP contribution >= 0.6 is 0 Å². The molecule has 0 saturated heterocycles. The van der Waals surface area contributed by atoms with Gasteiger partial charge in [-0.3, -0.25) is 0 Å². The molecule has 1 aliphatic heterocycles. The van der Waals surface area contributed by atoms with Crippen molar-refractivity contribution in [2.45, 2.75) is 31.8 Å². The van der Waals surface area contributed by atoms with Crippen molar-refractivity contribution in [1.82, 2.24) is 0 Å². The van der Waals surface area contributed by atoms with Crippen molar-refractivity contribution < 1.29 is 9.29 Å². The maximum absolute atomic E-state index is 11.3. The fourth-order valence-corrected chi connectivity index (χ4v) is 1.94. The third-order valence-corrected chi connectivity index (χ3v) is 4.17. The molecule has 0 aromatic heterocycles. The summed E-state index contributed by atoms with van der Waals surface area (Å²) in [6.07, 6.45) is 3.88. The lowest BCUT2D eigenvalue weighted by Gasteiger charge is -2.20. The van der Waals surface area contributed by atoms with Gasteiger partial charge in [0.1, 0.15) is 0 Å². The summed E-state index contributed by atoms with van der Waals surface area (Å²) in [7, 11) is 0. The topological polar surface area (TPSA) is 58.3 Å². The van der Waals surface area contributed by atoms with Gasteiger partial charge >= 0.3 is 0 Å². The number of ether oxygens (including phenoxy) is 1. The fraction of sp³-hybridized carbons (Fsp3) is 0.385. The second-order valence-corrected chi connectivity index (χ2v) is 6.36. The molecular formula is C13H17NO2S. The highest BCUT2D eigenvalue weighted by Gasteiger charge is 2.26. The quantitative estimate of drug-likeness (QED) is 0.837. The zero-order valence-electron chi connectivity index (χ0n) is 10.1. The molecule has 4 heteroatoms. The van der Waals surface area contributed by atoms with Crippen molar-refractivity contribution in [3.8, 4) is 0 Å². The average molecular weight is 251 g/mol. The molecule has 0 amide bonds. The Morgan fingerprint density at radius 1 is 1.41 bits per heavy atom. The summed E-state index contributed by atoms with van der Waals surface area (Å²) >= 11 is -1.37. The van der Waals surface area contributed by atoms with Gasteiger partial charge in [-0.15, -0.1) is 0 Å². The van der Waals surface area contributed by atoms with Crippen LogP contribution in [0, 0.1) is 0 Å². The molecule has 1 aromatic rings. The van der Waals surface area contributed by atoms with Crippen molar-refractivity contribution in [3.05, 3.63) is 41.0 Å². The number of rotatable bonds is 3. The van der Waals surface area contributed by atoms with Gasteiger partial charge < -0.3 is 9.29 Å². The van der Waals surface area contributed by atoms with Crippen LogP contribution in [0.3, 0.4) is 0 Å². The molecule has 1 aromatic carbocycles. The Bertz CT molecular complexity index is 441. The molecule has 0 radical (unpaired) electrons. The molecule has 0 spiro atoms. The van der Waals surface area contributed by atoms with Gasteiger partial charge in [0.2, 0.25) is 0 Å². The Kier molecular flexibility index (Phi) is 3.58. The van der Waals surface area contributed by atoms with Crippen LogP contribution in [0.1, 0.15) is 30.5 Å². The summed E-state index contributed by atoms with van der Waals surface area (Å²) in [5.74, 6) is 0. The Balaban J connectivity index is 2.25. The van der Waals surface area contributed by atoms with Crippen molar-refractivity contribution in [2.75, 3.05) is 0 Å². The van der Waals surface area contributed by atoms with Gasteiger partial charge in [0.15, 0.2) is 4.75 Å². The van der Waals surface area contributed by atoms with E-state index in [1.54, 1.807) is 0 Å². The first-order chi connectivity index (χ1) is 8.00. The Morgan fingerprint density at radius 3 is 2.88 bits per heavy atom. The summed E-state index contributed by atoms with van der Waals surface area (Å²) in [6, 6.07) is 6.13. The van der Waals surface area contributed by atoms with E-state index in [1.807, 2.05) is 38.1 Å². The first kappa shape index (κ1) is 12.6. The number of benzene rings is 1. The number of hydrogen-bond donors (Lipinski definition) is 1. The van der Waals surface area contributed by atoms with E-state index in [1.165, 1.54) is 11.1 Å². The summed E-state index contributed by atoms with van der Waals surface area (Å²) in [6.45, 7) is 5.06. The Labute approximate surface area is 105 Å². The summed E-state index contributed by atoms with van der Waals surface area (Å²) in [4.78, 5) is 0. The predicted octanol–water partition coefficient (Wildman–Crippen LogP) is 2.13. The zero-order valence-corrected chi connectivity index (χ0v) is 10.9. The van der Waals surface area contributed by atoms with E-state index < -0.39 is 16.1 Å². The lowest BCUT2D eigenvalue weighted by molar-refractivity contribution is 0.134. The standard InChI is InChI=1S/C13H17NO2S/c1-13(2,17(14)15)7-6-10-4-3-5-11-8-16-9-12(10)11/h3-7H,8-9,14H2,1-2H3. The molecule has 1 heterocycles. The average Bonchev–Trinajstić information content (AvgIpc) is 2.74. The highest BCUT2D eigenvalue weighted by molar-refractivity contribution is 7.90. The predicted molar refractivity (Wildman–Crippen MR) is 70.4 cm³/mol. The smallest absolute Gasteiger partial charge is 0.157 e. The van der Waals surface area contributed by atoms with Gasteiger partial charge in [-0.1, -0.05) is 24.3 Å². The number of hydrogen-bond acceptors (Lipinski definition) is 3. The normalized spacial score (nSPS) is 17.4. The van der Waals surface area contributed by atoms with E-state index in [0.717, 1.165) is 5.56 Å². The third kappa shape index (κ3) is 2.72. The first-order valence-corrected chi connectivity index (χ1v) is 6.76. The van der Waals surface area contributed by atoms with Gasteiger partial charge in [-0.25, -0.2) is 0 Å². The molecule has 0 aliphatic carbocycles. The maximum atomic E-state index is 11.3. The first-order valence-electron chi connectivity index (χ1n) is 5.55. The van der Waals surface area contributed by atoms with E-state index in [9.17, 15) is 4.55 Å². The van der Waals surface area contributed by atoms with Crippen molar-refractivity contribution in [3.63, 3.8) is 0 Å². The maximum Gasteiger partial charge on any atom is 0.157 e. The summed E-state index contributed by atoms with van der Waals surface area (Å²) in [5.41, 5.74) is 3.58. The van der Waals surface area contributed by atoms with Crippen LogP contribution in [-0.2, 0) is 29.3 Å². The monoisotopic (exact) mass is 251 g/mol. The highest BCUT2D eigenvalue weighted by atomic mass is 32.2. The summed E-state index contributed by atoms with van der Waals surface area (Å²) < 4.78 is 16.2. The van der Waals surface area contributed by atoms with Crippen molar-refractivity contribution in [1.29, 1.82) is 0 Å². The van der Waals surface area contributed by atoms with Gasteiger partial charge in [0.25, 0.3) is 0 Å². The third-order valence-electron chi connectivity index (χ3n) is 3.00. The second-order valence-electron chi connectivity index (χ2n) is 4.71. The van der Waals surface area contributed by atoms with Gasteiger partial charge in [0.05, 0.1) is 13.2 Å². The minimum Gasteiger partial charge on any atom is -0.598 e. The molecular weight excluding hydrogens is 234 g/mol. The van der Waals surface area contributed by atoms with Crippen molar-refractivity contribution in [2.24, 2.45) is 5.14 Å². The van der Waals surface area contributed by atoms with E-state index >= 15 is 0 Å². The lowest BCUT2D eigenvalue weighted by atomic mass is 10.0. The zero-order chi connectivity index (χ0) is 12.5. The molecule has 17 heavy (non-hydrogen) atoms. The molecule has 2 N–H and O–H groups in total. The van der Waals surface area contributed by atoms with Crippen LogP contribution in [0.25, 0.3) is 6.08 Å². The van der Waals surface area contributed by atoms with Crippen LogP contribution in [-0.4, -0.2) is 9.30 Å². The highest BCUT2D eigenvalue weighted by Crippen LogP contribution is 2.25. The van der Waals surface area contributed by atoms with Crippen LogP contribution in [0.5, 0.6) is 0 Å². The molecule has 1 unspecified atom stereocenters. The summed E-state index contributed by atoms with van der Waals surface area (Å²) in [5, 5.41) is 5.44. The molecule has 1 aliphatic rings. The molecule has 0 fully saturated rings. The molecule has 1 atom stereocenters. The van der Waals surface area contributed by atoms with Crippen LogP contribution in [0.15, 0.2) is 24.3 Å². The Morgan fingerprint density at radius 2 is 2.18 bits per heavy atom. The number of fused-ring (bicyclic) bond motifs is 1. The van der Waals surface area contributed by atoms with Crippen LogP contribution in [0.2, 0.25) is 0 Å². The number of nitrogens with two attached hydrogens (primary N) is 1. The molecule has 2 rings (SSSR count). The van der Waals surface area contributed by atoms with Crippen LogP contribution in [0.4, 0.5) is 0 Å². The van der Waals surface area contributed by atoms with Crippen LogP contribution < -0.4 is 5.14 Å². The molecule has 0 bridgehead atoms. The van der Waals surface area contributed by atoms with E-state index in [4.69, 9.17) is 9.88 Å². The van der Waals surface area contributed by atoms with E-state index in [0.29, 0.717) is 13.2 Å². The van der Waals surface area contributed by atoms with E-state index in [2.05, 4.69) is 6.07 Å². The minimum atomic E-state index is -1.37. The van der Waals surface area contributed by atoms with Gasteiger partial charge in [0, 0.05) is 11.4 Å². The largest absolute Gasteiger partial charge is 0.598 e. The minimum absolute atomic E-state index is 0.512. The second kappa shape index (κ2) is 4.82. The fourth-order valence-electron chi connectivity index (χ4n) is 1.74. The Hall–Kier alpha value is -0.810. The van der Waals surface area contributed by atoms with Gasteiger partial charge in [-0.05, 0) is 36.6 Å². The van der Waals surface area contributed by atoms with Gasteiger partial charge in [-0.2, -0.15) is 5.14 Å². The van der Waals surface area contributed by atoms with E-state index in [-0.39, 0.29) is 0 Å².